The molecule has 0 N–H and O–H groups in total. The van der Waals surface area contributed by atoms with Crippen LogP contribution in [0.2, 0.25) is 0 Å². The standard InChI is InChI=1S/C17H15BrO2/c18-14-5-1-12(2-6-14)13-3-8-16(9-4-13)20-17-10-7-15(19)11-17/h1-6,8-9,17H,7,10-11H2. The molecule has 0 bridgehead atoms. The highest BCUT2D eigenvalue weighted by Gasteiger charge is 2.23. The van der Waals surface area contributed by atoms with Crippen molar-refractivity contribution >= 4 is 21.7 Å². The van der Waals surface area contributed by atoms with E-state index in [-0.39, 0.29) is 6.10 Å². The topological polar surface area (TPSA) is 26.3 Å². The van der Waals surface area contributed by atoms with Gasteiger partial charge in [-0.1, -0.05) is 40.2 Å². The molecule has 20 heavy (non-hydrogen) atoms. The Morgan fingerprint density at radius 1 is 0.950 bits per heavy atom. The average molecular weight is 331 g/mol. The Bertz CT molecular complexity index is 602. The molecule has 0 aliphatic heterocycles. The van der Waals surface area contributed by atoms with Gasteiger partial charge in [-0.25, -0.2) is 0 Å². The summed E-state index contributed by atoms with van der Waals surface area (Å²) in [5.74, 6) is 1.15. The number of halogens is 1. The fourth-order valence-corrected chi connectivity index (χ4v) is 2.71. The van der Waals surface area contributed by atoms with Crippen LogP contribution in [-0.2, 0) is 4.79 Å². The number of ether oxygens (including phenoxy) is 1. The summed E-state index contributed by atoms with van der Waals surface area (Å²) in [6, 6.07) is 16.3. The first-order chi connectivity index (χ1) is 9.70. The number of hydrogen-bond acceptors (Lipinski definition) is 2. The van der Waals surface area contributed by atoms with E-state index in [1.165, 1.54) is 5.56 Å². The highest BCUT2D eigenvalue weighted by molar-refractivity contribution is 9.10. The maximum absolute atomic E-state index is 11.2. The van der Waals surface area contributed by atoms with Crippen LogP contribution in [0.3, 0.4) is 0 Å². The number of hydrogen-bond donors (Lipinski definition) is 0. The lowest BCUT2D eigenvalue weighted by molar-refractivity contribution is -0.117. The summed E-state index contributed by atoms with van der Waals surface area (Å²) in [6.07, 6.45) is 2.10. The molecule has 1 aliphatic carbocycles. The van der Waals surface area contributed by atoms with Crippen molar-refractivity contribution in [3.63, 3.8) is 0 Å². The molecule has 0 aromatic heterocycles. The van der Waals surface area contributed by atoms with Gasteiger partial charge in [-0.05, 0) is 41.8 Å². The maximum Gasteiger partial charge on any atom is 0.136 e. The number of Topliss-reactive ketones (excluding diaryl/α,β-unsaturated/α-hetero) is 1. The molecule has 1 atom stereocenters. The van der Waals surface area contributed by atoms with Gasteiger partial charge < -0.3 is 4.74 Å². The molecule has 3 heteroatoms. The molecule has 2 aromatic rings. The molecule has 0 radical (unpaired) electrons. The zero-order chi connectivity index (χ0) is 13.9. The Labute approximate surface area is 126 Å². The summed E-state index contributed by atoms with van der Waals surface area (Å²) >= 11 is 3.44. The van der Waals surface area contributed by atoms with E-state index < -0.39 is 0 Å². The van der Waals surface area contributed by atoms with Gasteiger partial charge in [-0.3, -0.25) is 4.79 Å². The Morgan fingerprint density at radius 2 is 1.55 bits per heavy atom. The third-order valence-electron chi connectivity index (χ3n) is 3.54. The zero-order valence-electron chi connectivity index (χ0n) is 11.0. The van der Waals surface area contributed by atoms with Gasteiger partial charge in [0.1, 0.15) is 17.6 Å². The van der Waals surface area contributed by atoms with Crippen molar-refractivity contribution in [2.45, 2.75) is 25.4 Å². The van der Waals surface area contributed by atoms with Gasteiger partial charge in [0.25, 0.3) is 0 Å². The molecule has 2 nitrogen and oxygen atoms in total. The second-order valence-corrected chi connectivity index (χ2v) is 5.97. The Morgan fingerprint density at radius 3 is 2.10 bits per heavy atom. The smallest absolute Gasteiger partial charge is 0.136 e. The van der Waals surface area contributed by atoms with Crippen molar-refractivity contribution in [2.75, 3.05) is 0 Å². The van der Waals surface area contributed by atoms with Gasteiger partial charge >= 0.3 is 0 Å². The van der Waals surface area contributed by atoms with E-state index in [9.17, 15) is 4.79 Å². The molecular formula is C17H15BrO2. The SMILES string of the molecule is O=C1CCC(Oc2ccc(-c3ccc(Br)cc3)cc2)C1. The van der Waals surface area contributed by atoms with Gasteiger partial charge in [-0.15, -0.1) is 0 Å². The summed E-state index contributed by atoms with van der Waals surface area (Å²) in [4.78, 5) is 11.2. The van der Waals surface area contributed by atoms with Crippen LogP contribution in [-0.4, -0.2) is 11.9 Å². The van der Waals surface area contributed by atoms with Gasteiger partial charge in [0.05, 0.1) is 0 Å². The molecular weight excluding hydrogens is 316 g/mol. The predicted molar refractivity (Wildman–Crippen MR) is 82.9 cm³/mol. The Hall–Kier alpha value is -1.61. The van der Waals surface area contributed by atoms with Crippen LogP contribution in [0.25, 0.3) is 11.1 Å². The molecule has 0 heterocycles. The molecule has 0 saturated heterocycles. The molecule has 1 fully saturated rings. The highest BCUT2D eigenvalue weighted by Crippen LogP contribution is 2.26. The second kappa shape index (κ2) is 5.80. The molecule has 1 saturated carbocycles. The van der Waals surface area contributed by atoms with Crippen LogP contribution < -0.4 is 4.74 Å². The molecule has 2 aromatic carbocycles. The summed E-state index contributed by atoms with van der Waals surface area (Å²) in [7, 11) is 0. The number of carbonyl (C=O) groups excluding carboxylic acids is 1. The van der Waals surface area contributed by atoms with E-state index in [1.54, 1.807) is 0 Å². The summed E-state index contributed by atoms with van der Waals surface area (Å²) in [5.41, 5.74) is 2.34. The van der Waals surface area contributed by atoms with E-state index in [1.807, 2.05) is 24.3 Å². The van der Waals surface area contributed by atoms with Crippen LogP contribution >= 0.6 is 15.9 Å². The maximum atomic E-state index is 11.2. The van der Waals surface area contributed by atoms with Crippen molar-refractivity contribution in [1.82, 2.24) is 0 Å². The average Bonchev–Trinajstić information content (AvgIpc) is 2.86. The summed E-state index contributed by atoms with van der Waals surface area (Å²) in [6.45, 7) is 0. The van der Waals surface area contributed by atoms with E-state index in [0.29, 0.717) is 18.6 Å². The van der Waals surface area contributed by atoms with E-state index in [0.717, 1.165) is 22.2 Å². The lowest BCUT2D eigenvalue weighted by Crippen LogP contribution is -2.11. The molecule has 0 amide bonds. The largest absolute Gasteiger partial charge is 0.490 e. The number of rotatable bonds is 3. The first-order valence-corrected chi connectivity index (χ1v) is 7.54. The van der Waals surface area contributed by atoms with Gasteiger partial charge in [0, 0.05) is 17.3 Å². The summed E-state index contributed by atoms with van der Waals surface area (Å²) in [5, 5.41) is 0. The van der Waals surface area contributed by atoms with Gasteiger partial charge in [-0.2, -0.15) is 0 Å². The third-order valence-corrected chi connectivity index (χ3v) is 4.06. The third kappa shape index (κ3) is 3.10. The minimum atomic E-state index is 0.0565. The van der Waals surface area contributed by atoms with Crippen molar-refractivity contribution in [2.24, 2.45) is 0 Å². The fraction of sp³-hybridized carbons (Fsp3) is 0.235. The van der Waals surface area contributed by atoms with Crippen molar-refractivity contribution in [3.05, 3.63) is 53.0 Å². The molecule has 0 spiro atoms. The molecule has 1 unspecified atom stereocenters. The first-order valence-electron chi connectivity index (χ1n) is 6.75. The first kappa shape index (κ1) is 13.4. The molecule has 1 aliphatic rings. The van der Waals surface area contributed by atoms with E-state index in [2.05, 4.69) is 40.2 Å². The molecule has 3 rings (SSSR count). The zero-order valence-corrected chi connectivity index (χ0v) is 12.6. The van der Waals surface area contributed by atoms with E-state index in [4.69, 9.17) is 4.74 Å². The lowest BCUT2D eigenvalue weighted by Gasteiger charge is -2.12. The minimum absolute atomic E-state index is 0.0565. The fourth-order valence-electron chi connectivity index (χ4n) is 2.44. The number of ketones is 1. The normalized spacial score (nSPS) is 18.2. The number of benzene rings is 2. The van der Waals surface area contributed by atoms with Crippen molar-refractivity contribution < 1.29 is 9.53 Å². The van der Waals surface area contributed by atoms with Gasteiger partial charge in [0.2, 0.25) is 0 Å². The Kier molecular flexibility index (Phi) is 3.88. The quantitative estimate of drug-likeness (QED) is 0.820. The molecule has 102 valence electrons. The van der Waals surface area contributed by atoms with Crippen molar-refractivity contribution in [3.8, 4) is 16.9 Å². The van der Waals surface area contributed by atoms with Crippen LogP contribution in [0.15, 0.2) is 53.0 Å². The minimum Gasteiger partial charge on any atom is -0.490 e. The predicted octanol–water partition coefficient (Wildman–Crippen LogP) is 4.62. The number of carbonyl (C=O) groups is 1. The van der Waals surface area contributed by atoms with Crippen LogP contribution in [0, 0.1) is 0 Å². The van der Waals surface area contributed by atoms with Crippen LogP contribution in [0.5, 0.6) is 5.75 Å². The monoisotopic (exact) mass is 330 g/mol. The van der Waals surface area contributed by atoms with Gasteiger partial charge in [0.15, 0.2) is 0 Å². The van der Waals surface area contributed by atoms with E-state index >= 15 is 0 Å². The van der Waals surface area contributed by atoms with Crippen molar-refractivity contribution in [1.29, 1.82) is 0 Å². The highest BCUT2D eigenvalue weighted by atomic mass is 79.9. The van der Waals surface area contributed by atoms with Crippen LogP contribution in [0.1, 0.15) is 19.3 Å². The second-order valence-electron chi connectivity index (χ2n) is 5.05. The lowest BCUT2D eigenvalue weighted by atomic mass is 10.1. The summed E-state index contributed by atoms with van der Waals surface area (Å²) < 4.78 is 6.90. The Balaban J connectivity index is 1.71. The van der Waals surface area contributed by atoms with Crippen LogP contribution in [0.4, 0.5) is 0 Å².